The maximum atomic E-state index is 13.7. The third kappa shape index (κ3) is 2.56. The fourth-order valence-corrected chi connectivity index (χ4v) is 5.06. The molecule has 1 heterocycles. The van der Waals surface area contributed by atoms with Gasteiger partial charge in [0.05, 0.1) is 12.0 Å². The number of Topliss-reactive ketones (excluding diaryl/α,β-unsaturated/α-hetero) is 1. The van der Waals surface area contributed by atoms with Crippen LogP contribution in [0.25, 0.3) is 0 Å². The molecule has 4 unspecified atom stereocenters. The van der Waals surface area contributed by atoms with E-state index in [1.807, 2.05) is 18.2 Å². The summed E-state index contributed by atoms with van der Waals surface area (Å²) in [5.74, 6) is 0.509. The van der Waals surface area contributed by atoms with Gasteiger partial charge in [-0.1, -0.05) is 30.3 Å². The zero-order valence-electron chi connectivity index (χ0n) is 14.8. The third-order valence-electron chi connectivity index (χ3n) is 6.35. The van der Waals surface area contributed by atoms with Crippen molar-refractivity contribution in [3.8, 4) is 5.75 Å². The molecule has 4 nitrogen and oxygen atoms in total. The van der Waals surface area contributed by atoms with Crippen LogP contribution in [0, 0.1) is 23.6 Å². The molecule has 4 atom stereocenters. The minimum atomic E-state index is -0.559. The first kappa shape index (κ1) is 16.5. The molecule has 0 radical (unpaired) electrons. The van der Waals surface area contributed by atoms with Gasteiger partial charge >= 0.3 is 0 Å². The van der Waals surface area contributed by atoms with E-state index in [0.717, 1.165) is 12.8 Å². The Balaban J connectivity index is 1.31. The van der Waals surface area contributed by atoms with Crippen molar-refractivity contribution in [1.29, 1.82) is 0 Å². The summed E-state index contributed by atoms with van der Waals surface area (Å²) in [6, 6.07) is 13.8. The fraction of sp³-hybridized carbons (Fsp3) is 0.364. The first-order valence-electron chi connectivity index (χ1n) is 9.41. The summed E-state index contributed by atoms with van der Waals surface area (Å²) in [7, 11) is 0. The summed E-state index contributed by atoms with van der Waals surface area (Å²) >= 11 is 0. The number of ketones is 1. The highest BCUT2D eigenvalue weighted by atomic mass is 19.1. The molecule has 0 aromatic heterocycles. The van der Waals surface area contributed by atoms with E-state index in [0.29, 0.717) is 23.3 Å². The third-order valence-corrected chi connectivity index (χ3v) is 6.35. The molecule has 138 valence electrons. The predicted molar refractivity (Wildman–Crippen MR) is 96.7 cm³/mol. The van der Waals surface area contributed by atoms with Crippen LogP contribution in [-0.2, 0) is 11.3 Å². The van der Waals surface area contributed by atoms with Crippen LogP contribution < -0.4 is 10.1 Å². The lowest BCUT2D eigenvalue weighted by atomic mass is 9.84. The molecule has 3 aliphatic rings. The maximum Gasteiger partial charge on any atom is 0.224 e. The number of hydrogen-bond donors (Lipinski definition) is 1. The van der Waals surface area contributed by atoms with Crippen LogP contribution in [0.1, 0.15) is 35.2 Å². The summed E-state index contributed by atoms with van der Waals surface area (Å²) in [6.07, 6.45) is 2.03. The zero-order valence-corrected chi connectivity index (χ0v) is 14.8. The Morgan fingerprint density at radius 3 is 2.81 bits per heavy atom. The Labute approximate surface area is 156 Å². The average molecular weight is 365 g/mol. The van der Waals surface area contributed by atoms with E-state index < -0.39 is 5.60 Å². The van der Waals surface area contributed by atoms with Gasteiger partial charge in [-0.3, -0.25) is 9.59 Å². The van der Waals surface area contributed by atoms with Gasteiger partial charge in [-0.25, -0.2) is 4.39 Å². The molecule has 1 aliphatic heterocycles. The Morgan fingerprint density at radius 1 is 1.19 bits per heavy atom. The lowest BCUT2D eigenvalue weighted by Crippen LogP contribution is -2.44. The van der Waals surface area contributed by atoms with Gasteiger partial charge < -0.3 is 10.1 Å². The number of carbonyl (C=O) groups excluding carboxylic acids is 2. The Kier molecular flexibility index (Phi) is 3.61. The molecule has 2 fully saturated rings. The number of rotatable bonds is 3. The summed E-state index contributed by atoms with van der Waals surface area (Å²) in [4.78, 5) is 25.3. The van der Waals surface area contributed by atoms with Crippen LogP contribution in [0.5, 0.6) is 5.75 Å². The van der Waals surface area contributed by atoms with Crippen molar-refractivity contribution in [2.24, 2.45) is 17.8 Å². The summed E-state index contributed by atoms with van der Waals surface area (Å²) in [5.41, 5.74) is 0.549. The van der Waals surface area contributed by atoms with Crippen LogP contribution >= 0.6 is 0 Å². The lowest BCUT2D eigenvalue weighted by Gasteiger charge is -2.37. The van der Waals surface area contributed by atoms with Crippen molar-refractivity contribution in [2.75, 3.05) is 0 Å². The van der Waals surface area contributed by atoms with Gasteiger partial charge in [0.2, 0.25) is 5.91 Å². The van der Waals surface area contributed by atoms with E-state index in [1.54, 1.807) is 24.3 Å². The molecule has 5 heteroatoms. The number of para-hydroxylation sites is 1. The average Bonchev–Trinajstić information content (AvgIpc) is 3.32. The molecule has 1 spiro atoms. The van der Waals surface area contributed by atoms with Gasteiger partial charge in [0.25, 0.3) is 0 Å². The lowest BCUT2D eigenvalue weighted by molar-refractivity contribution is -0.124. The normalized spacial score (nSPS) is 30.4. The molecule has 0 saturated heterocycles. The molecule has 2 aromatic rings. The van der Waals surface area contributed by atoms with Crippen molar-refractivity contribution < 1.29 is 18.7 Å². The number of halogens is 1. The van der Waals surface area contributed by atoms with E-state index >= 15 is 0 Å². The van der Waals surface area contributed by atoms with Crippen LogP contribution in [-0.4, -0.2) is 17.3 Å². The zero-order chi connectivity index (χ0) is 18.6. The van der Waals surface area contributed by atoms with Gasteiger partial charge in [-0.2, -0.15) is 0 Å². The first-order valence-corrected chi connectivity index (χ1v) is 9.41. The van der Waals surface area contributed by atoms with Crippen LogP contribution in [0.3, 0.4) is 0 Å². The molecule has 1 amide bonds. The number of carbonyl (C=O) groups is 2. The van der Waals surface area contributed by atoms with Crippen molar-refractivity contribution >= 4 is 11.7 Å². The standard InChI is InChI=1S/C22H20FNO3/c23-16-7-3-1-5-13(16)12-24-21(26)19-15-9-10-22(20(15)19)11-17(25)14-6-2-4-8-18(14)27-22/h1-8,15,19-20H,9-12H2,(H,24,26). The van der Waals surface area contributed by atoms with Crippen molar-refractivity contribution in [2.45, 2.75) is 31.4 Å². The highest BCUT2D eigenvalue weighted by Gasteiger charge is 2.70. The van der Waals surface area contributed by atoms with Gasteiger partial charge in [-0.15, -0.1) is 0 Å². The molecule has 1 N–H and O–H groups in total. The first-order chi connectivity index (χ1) is 13.1. The van der Waals surface area contributed by atoms with E-state index in [2.05, 4.69) is 5.32 Å². The number of amides is 1. The predicted octanol–water partition coefficient (Wildman–Crippen LogP) is 3.50. The van der Waals surface area contributed by atoms with Gasteiger partial charge in [0, 0.05) is 23.9 Å². The molecule has 27 heavy (non-hydrogen) atoms. The highest BCUT2D eigenvalue weighted by molar-refractivity contribution is 6.00. The Bertz CT molecular complexity index is 943. The summed E-state index contributed by atoms with van der Waals surface area (Å²) in [6.45, 7) is 0.178. The van der Waals surface area contributed by atoms with Crippen LogP contribution in [0.4, 0.5) is 4.39 Å². The quantitative estimate of drug-likeness (QED) is 0.906. The molecular formula is C22H20FNO3. The van der Waals surface area contributed by atoms with Gasteiger partial charge in [0.15, 0.2) is 5.78 Å². The second-order valence-corrected chi connectivity index (χ2v) is 7.83. The molecule has 5 rings (SSSR count). The number of nitrogens with one attached hydrogen (secondary N) is 1. The second-order valence-electron chi connectivity index (χ2n) is 7.83. The van der Waals surface area contributed by atoms with E-state index in [1.165, 1.54) is 6.07 Å². The summed E-state index contributed by atoms with van der Waals surface area (Å²) < 4.78 is 20.1. The molecule has 0 bridgehead atoms. The Hall–Kier alpha value is -2.69. The maximum absolute atomic E-state index is 13.7. The monoisotopic (exact) mass is 365 g/mol. The highest BCUT2D eigenvalue weighted by Crippen LogP contribution is 2.65. The fourth-order valence-electron chi connectivity index (χ4n) is 5.06. The largest absolute Gasteiger partial charge is 0.486 e. The van der Waals surface area contributed by atoms with Crippen LogP contribution in [0.15, 0.2) is 48.5 Å². The molecule has 2 saturated carbocycles. The molecular weight excluding hydrogens is 345 g/mol. The number of fused-ring (bicyclic) bond motifs is 3. The minimum Gasteiger partial charge on any atom is -0.486 e. The Morgan fingerprint density at radius 2 is 1.96 bits per heavy atom. The second kappa shape index (κ2) is 5.91. The number of benzene rings is 2. The topological polar surface area (TPSA) is 55.4 Å². The number of ether oxygens (including phenoxy) is 1. The van der Waals surface area contributed by atoms with E-state index in [4.69, 9.17) is 4.74 Å². The van der Waals surface area contributed by atoms with Crippen molar-refractivity contribution in [3.63, 3.8) is 0 Å². The molecule has 2 aromatic carbocycles. The smallest absolute Gasteiger partial charge is 0.224 e. The van der Waals surface area contributed by atoms with E-state index in [-0.39, 0.29) is 41.8 Å². The number of hydrogen-bond acceptors (Lipinski definition) is 3. The van der Waals surface area contributed by atoms with Crippen molar-refractivity contribution in [1.82, 2.24) is 5.32 Å². The van der Waals surface area contributed by atoms with Crippen LogP contribution in [0.2, 0.25) is 0 Å². The van der Waals surface area contributed by atoms with Crippen molar-refractivity contribution in [3.05, 3.63) is 65.5 Å². The van der Waals surface area contributed by atoms with Gasteiger partial charge in [-0.05, 0) is 37.0 Å². The van der Waals surface area contributed by atoms with E-state index in [9.17, 15) is 14.0 Å². The molecule has 2 aliphatic carbocycles. The van der Waals surface area contributed by atoms with Gasteiger partial charge in [0.1, 0.15) is 17.2 Å². The minimum absolute atomic E-state index is 0.0652. The summed E-state index contributed by atoms with van der Waals surface area (Å²) in [5, 5.41) is 2.86. The SMILES string of the molecule is O=C1CC2(CCC3C(C(=O)NCc4ccccc4F)C32)Oc2ccccc21.